The third-order valence-corrected chi connectivity index (χ3v) is 6.22. The molecule has 24 heavy (non-hydrogen) atoms. The Kier molecular flexibility index (Phi) is 4.89. The van der Waals surface area contributed by atoms with E-state index in [0.717, 1.165) is 38.2 Å². The Hall–Kier alpha value is -1.51. The van der Waals surface area contributed by atoms with E-state index in [9.17, 15) is 17.6 Å². The highest BCUT2D eigenvalue weighted by Gasteiger charge is 2.33. The van der Waals surface area contributed by atoms with Crippen molar-refractivity contribution in [3.8, 4) is 0 Å². The first-order chi connectivity index (χ1) is 11.4. The van der Waals surface area contributed by atoms with Crippen molar-refractivity contribution in [2.75, 3.05) is 11.9 Å². The summed E-state index contributed by atoms with van der Waals surface area (Å²) in [6.07, 6.45) is 4.17. The van der Waals surface area contributed by atoms with Crippen molar-refractivity contribution in [1.29, 1.82) is 0 Å². The summed E-state index contributed by atoms with van der Waals surface area (Å²) in [6, 6.07) is 3.49. The number of rotatable bonds is 6. The van der Waals surface area contributed by atoms with Gasteiger partial charge in [-0.3, -0.25) is 4.79 Å². The van der Waals surface area contributed by atoms with E-state index in [0.29, 0.717) is 6.54 Å². The Morgan fingerprint density at radius 2 is 2.00 bits per heavy atom. The van der Waals surface area contributed by atoms with Gasteiger partial charge in [0, 0.05) is 17.6 Å². The number of halogens is 1. The van der Waals surface area contributed by atoms with Crippen LogP contribution in [0.3, 0.4) is 0 Å². The van der Waals surface area contributed by atoms with Crippen LogP contribution in [0.1, 0.15) is 32.1 Å². The fraction of sp³-hybridized carbons (Fsp3) is 0.562. The fourth-order valence-corrected chi connectivity index (χ4v) is 4.58. The van der Waals surface area contributed by atoms with Crippen LogP contribution in [0.5, 0.6) is 0 Å². The molecule has 0 aliphatic heterocycles. The van der Waals surface area contributed by atoms with Crippen LogP contribution in [0.4, 0.5) is 10.1 Å². The number of amides is 1. The Morgan fingerprint density at radius 1 is 1.25 bits per heavy atom. The lowest BCUT2D eigenvalue weighted by atomic mass is 9.95. The van der Waals surface area contributed by atoms with Gasteiger partial charge in [-0.1, -0.05) is 6.42 Å². The molecule has 132 valence electrons. The number of nitrogens with two attached hydrogens (primary N) is 1. The molecule has 0 spiro atoms. The largest absolute Gasteiger partial charge is 0.330 e. The highest BCUT2D eigenvalue weighted by molar-refractivity contribution is 7.89. The minimum Gasteiger partial charge on any atom is -0.330 e. The number of nitrogens with one attached hydrogen (secondary N) is 2. The molecule has 2 atom stereocenters. The zero-order valence-electron chi connectivity index (χ0n) is 13.3. The monoisotopic (exact) mass is 355 g/mol. The van der Waals surface area contributed by atoms with Gasteiger partial charge in [0.1, 0.15) is 10.7 Å². The van der Waals surface area contributed by atoms with Crippen molar-refractivity contribution in [3.05, 3.63) is 24.0 Å². The summed E-state index contributed by atoms with van der Waals surface area (Å²) in [5.74, 6) is -1.05. The lowest BCUT2D eigenvalue weighted by molar-refractivity contribution is -0.120. The van der Waals surface area contributed by atoms with E-state index in [4.69, 9.17) is 5.73 Å². The highest BCUT2D eigenvalue weighted by Crippen LogP contribution is 2.32. The molecular formula is C16H22FN3O3S. The zero-order chi connectivity index (χ0) is 17.3. The van der Waals surface area contributed by atoms with Crippen LogP contribution >= 0.6 is 0 Å². The maximum atomic E-state index is 13.9. The molecule has 2 aliphatic carbocycles. The maximum absolute atomic E-state index is 13.9. The Morgan fingerprint density at radius 3 is 2.67 bits per heavy atom. The molecule has 0 aromatic heterocycles. The predicted octanol–water partition coefficient (Wildman–Crippen LogP) is 1.58. The summed E-state index contributed by atoms with van der Waals surface area (Å²) in [6.45, 7) is 0.451. The molecule has 0 bridgehead atoms. The van der Waals surface area contributed by atoms with Crippen LogP contribution in [0.2, 0.25) is 0 Å². The highest BCUT2D eigenvalue weighted by atomic mass is 32.2. The van der Waals surface area contributed by atoms with E-state index in [1.807, 2.05) is 0 Å². The third kappa shape index (κ3) is 3.76. The van der Waals surface area contributed by atoms with Crippen molar-refractivity contribution in [2.24, 2.45) is 17.6 Å². The van der Waals surface area contributed by atoms with Crippen LogP contribution in [-0.2, 0) is 14.8 Å². The Labute approximate surface area is 141 Å². The number of sulfonamides is 1. The van der Waals surface area contributed by atoms with Gasteiger partial charge >= 0.3 is 0 Å². The van der Waals surface area contributed by atoms with E-state index in [2.05, 4.69) is 10.0 Å². The number of carbonyl (C=O) groups is 1. The average Bonchev–Trinajstić information content (AvgIpc) is 3.20. The quantitative estimate of drug-likeness (QED) is 0.721. The number of hydrogen-bond acceptors (Lipinski definition) is 4. The predicted molar refractivity (Wildman–Crippen MR) is 88.3 cm³/mol. The normalized spacial score (nSPS) is 24.1. The molecule has 1 aromatic carbocycles. The summed E-state index contributed by atoms with van der Waals surface area (Å²) in [5, 5.41) is 2.70. The second kappa shape index (κ2) is 6.78. The minimum absolute atomic E-state index is 0.114. The van der Waals surface area contributed by atoms with E-state index in [1.165, 1.54) is 12.1 Å². The standard InChI is InChI=1S/C16H22FN3O3S/c17-14-7-6-12(8-15(14)24(22,23)20-11-4-5-11)19-16(21)13-3-1-2-10(13)9-18/h6-8,10-11,13,20H,1-5,9,18H2,(H,19,21)/t10-,13-/m1/s1. The van der Waals surface area contributed by atoms with Gasteiger partial charge < -0.3 is 11.1 Å². The lowest BCUT2D eigenvalue weighted by Crippen LogP contribution is -2.30. The first-order valence-electron chi connectivity index (χ1n) is 8.23. The van der Waals surface area contributed by atoms with Crippen LogP contribution in [0.15, 0.2) is 23.1 Å². The van der Waals surface area contributed by atoms with Gasteiger partial charge in [-0.05, 0) is 56.3 Å². The van der Waals surface area contributed by atoms with E-state index < -0.39 is 20.7 Å². The Balaban J connectivity index is 1.77. The topological polar surface area (TPSA) is 101 Å². The van der Waals surface area contributed by atoms with Crippen molar-refractivity contribution in [1.82, 2.24) is 4.72 Å². The Bertz CT molecular complexity index is 734. The molecule has 8 heteroatoms. The SMILES string of the molecule is NC[C@H]1CCC[C@H]1C(=O)Nc1ccc(F)c(S(=O)(=O)NC2CC2)c1. The molecule has 3 rings (SSSR count). The summed E-state index contributed by atoms with van der Waals surface area (Å²) in [7, 11) is -3.92. The number of benzene rings is 1. The number of carbonyl (C=O) groups excluding carboxylic acids is 1. The molecule has 6 nitrogen and oxygen atoms in total. The molecule has 0 saturated heterocycles. The van der Waals surface area contributed by atoms with Gasteiger partial charge in [0.15, 0.2) is 0 Å². The second-order valence-corrected chi connectivity index (χ2v) is 8.25. The van der Waals surface area contributed by atoms with Crippen LogP contribution in [0.25, 0.3) is 0 Å². The molecule has 0 heterocycles. The number of anilines is 1. The molecule has 2 saturated carbocycles. The molecule has 1 amide bonds. The van der Waals surface area contributed by atoms with Crippen molar-refractivity contribution >= 4 is 21.6 Å². The molecule has 0 unspecified atom stereocenters. The van der Waals surface area contributed by atoms with Gasteiger partial charge in [0.05, 0.1) is 0 Å². The fourth-order valence-electron chi connectivity index (χ4n) is 3.17. The van der Waals surface area contributed by atoms with Gasteiger partial charge in [-0.2, -0.15) is 0 Å². The first-order valence-corrected chi connectivity index (χ1v) is 9.72. The van der Waals surface area contributed by atoms with Crippen molar-refractivity contribution in [3.63, 3.8) is 0 Å². The lowest BCUT2D eigenvalue weighted by Gasteiger charge is -2.18. The third-order valence-electron chi connectivity index (χ3n) is 4.69. The van der Waals surface area contributed by atoms with E-state index in [-0.39, 0.29) is 29.5 Å². The number of hydrogen-bond donors (Lipinski definition) is 3. The molecule has 0 radical (unpaired) electrons. The summed E-state index contributed by atoms with van der Waals surface area (Å²) in [4.78, 5) is 12.0. The smallest absolute Gasteiger partial charge is 0.243 e. The van der Waals surface area contributed by atoms with Crippen LogP contribution in [-0.4, -0.2) is 26.9 Å². The average molecular weight is 355 g/mol. The molecule has 4 N–H and O–H groups in total. The minimum atomic E-state index is -3.92. The van der Waals surface area contributed by atoms with E-state index >= 15 is 0 Å². The molecule has 2 fully saturated rings. The summed E-state index contributed by atoms with van der Waals surface area (Å²) < 4.78 is 40.8. The van der Waals surface area contributed by atoms with Gasteiger partial charge in [-0.25, -0.2) is 17.5 Å². The zero-order valence-corrected chi connectivity index (χ0v) is 14.1. The van der Waals surface area contributed by atoms with E-state index in [1.54, 1.807) is 0 Å². The van der Waals surface area contributed by atoms with Crippen molar-refractivity contribution in [2.45, 2.75) is 43.0 Å². The first kappa shape index (κ1) is 17.3. The van der Waals surface area contributed by atoms with Crippen LogP contribution < -0.4 is 15.8 Å². The van der Waals surface area contributed by atoms with Gasteiger partial charge in [0.25, 0.3) is 0 Å². The molecule has 1 aromatic rings. The molecule has 2 aliphatic rings. The van der Waals surface area contributed by atoms with Gasteiger partial charge in [0.2, 0.25) is 15.9 Å². The van der Waals surface area contributed by atoms with Crippen molar-refractivity contribution < 1.29 is 17.6 Å². The summed E-state index contributed by atoms with van der Waals surface area (Å²) in [5.41, 5.74) is 5.97. The maximum Gasteiger partial charge on any atom is 0.243 e. The molecular weight excluding hydrogens is 333 g/mol. The summed E-state index contributed by atoms with van der Waals surface area (Å²) >= 11 is 0. The van der Waals surface area contributed by atoms with Crippen LogP contribution in [0, 0.1) is 17.7 Å². The van der Waals surface area contributed by atoms with Gasteiger partial charge in [-0.15, -0.1) is 0 Å². The second-order valence-electron chi connectivity index (χ2n) is 6.56.